The van der Waals surface area contributed by atoms with Crippen molar-refractivity contribution in [2.45, 2.75) is 39.7 Å². The maximum Gasteiger partial charge on any atom is 0.134 e. The van der Waals surface area contributed by atoms with E-state index in [0.29, 0.717) is 0 Å². The Balaban J connectivity index is 2.16. The summed E-state index contributed by atoms with van der Waals surface area (Å²) in [5, 5.41) is 3.20. The Morgan fingerprint density at radius 1 is 1.47 bits per heavy atom. The number of nitrogens with one attached hydrogen (secondary N) is 1. The first kappa shape index (κ1) is 13.7. The predicted molar refractivity (Wildman–Crippen MR) is 76.9 cm³/mol. The summed E-state index contributed by atoms with van der Waals surface area (Å²) in [6.45, 7) is 10.8. The first-order chi connectivity index (χ1) is 9.04. The van der Waals surface area contributed by atoms with E-state index in [0.717, 1.165) is 42.5 Å². The highest BCUT2D eigenvalue weighted by Gasteiger charge is 2.20. The van der Waals surface area contributed by atoms with Crippen LogP contribution < -0.4 is 5.32 Å². The van der Waals surface area contributed by atoms with Gasteiger partial charge in [0.15, 0.2) is 0 Å². The van der Waals surface area contributed by atoms with Crippen molar-refractivity contribution in [2.75, 3.05) is 11.9 Å². The Bertz CT molecular complexity index is 498. The number of rotatable bonds is 4. The van der Waals surface area contributed by atoms with E-state index in [1.54, 1.807) is 0 Å². The van der Waals surface area contributed by atoms with E-state index in [1.165, 1.54) is 5.57 Å². The molecule has 0 aliphatic carbocycles. The third kappa shape index (κ3) is 3.89. The zero-order valence-electron chi connectivity index (χ0n) is 11.9. The molecule has 1 aromatic rings. The van der Waals surface area contributed by atoms with Crippen molar-refractivity contribution in [1.82, 2.24) is 9.97 Å². The smallest absolute Gasteiger partial charge is 0.134 e. The van der Waals surface area contributed by atoms with Crippen LogP contribution in [0.5, 0.6) is 0 Å². The molecule has 0 amide bonds. The van der Waals surface area contributed by atoms with E-state index < -0.39 is 0 Å². The molecular formula is C15H21N3O. The van der Waals surface area contributed by atoms with Crippen molar-refractivity contribution in [3.05, 3.63) is 41.5 Å². The standard InChI is InChI=1S/C15H21N3O/c1-10(2)8-11(3)16-15-9-13(17-12(4)18-15)14-6-5-7-19-14/h8-9,14H,3,5-7H2,1-2,4H3,(H,16,17,18). The van der Waals surface area contributed by atoms with E-state index >= 15 is 0 Å². The molecule has 0 spiro atoms. The predicted octanol–water partition coefficient (Wildman–Crippen LogP) is 3.53. The Labute approximate surface area is 114 Å². The van der Waals surface area contributed by atoms with Crippen LogP contribution in [0.25, 0.3) is 0 Å². The van der Waals surface area contributed by atoms with E-state index in [-0.39, 0.29) is 6.10 Å². The summed E-state index contributed by atoms with van der Waals surface area (Å²) >= 11 is 0. The first-order valence-corrected chi connectivity index (χ1v) is 6.62. The van der Waals surface area contributed by atoms with Crippen molar-refractivity contribution in [1.29, 1.82) is 0 Å². The maximum absolute atomic E-state index is 5.67. The molecule has 1 aliphatic rings. The molecule has 0 saturated carbocycles. The highest BCUT2D eigenvalue weighted by molar-refractivity contribution is 5.45. The molecule has 0 aromatic carbocycles. The number of allylic oxidation sites excluding steroid dienone is 2. The molecule has 4 nitrogen and oxygen atoms in total. The van der Waals surface area contributed by atoms with Crippen LogP contribution in [0.15, 0.2) is 30.0 Å². The zero-order valence-corrected chi connectivity index (χ0v) is 11.9. The van der Waals surface area contributed by atoms with Crippen molar-refractivity contribution in [2.24, 2.45) is 0 Å². The fraction of sp³-hybridized carbons (Fsp3) is 0.467. The van der Waals surface area contributed by atoms with Gasteiger partial charge < -0.3 is 10.1 Å². The van der Waals surface area contributed by atoms with Gasteiger partial charge in [0.1, 0.15) is 11.6 Å². The van der Waals surface area contributed by atoms with Crippen molar-refractivity contribution >= 4 is 5.82 Å². The van der Waals surface area contributed by atoms with Gasteiger partial charge in [0.25, 0.3) is 0 Å². The van der Waals surface area contributed by atoms with Gasteiger partial charge in [-0.3, -0.25) is 0 Å². The normalized spacial score (nSPS) is 18.2. The van der Waals surface area contributed by atoms with Gasteiger partial charge in [-0.15, -0.1) is 0 Å². The van der Waals surface area contributed by atoms with Crippen LogP contribution in [-0.4, -0.2) is 16.6 Å². The Hall–Kier alpha value is -1.68. The van der Waals surface area contributed by atoms with E-state index in [4.69, 9.17) is 4.74 Å². The molecule has 1 saturated heterocycles. The highest BCUT2D eigenvalue weighted by Crippen LogP contribution is 2.28. The maximum atomic E-state index is 5.67. The average Bonchev–Trinajstić information content (AvgIpc) is 2.79. The molecular weight excluding hydrogens is 238 g/mol. The number of hydrogen-bond donors (Lipinski definition) is 1. The molecule has 2 heterocycles. The van der Waals surface area contributed by atoms with E-state index in [9.17, 15) is 0 Å². The molecule has 1 N–H and O–H groups in total. The van der Waals surface area contributed by atoms with Gasteiger partial charge in [-0.25, -0.2) is 9.97 Å². The van der Waals surface area contributed by atoms with Crippen LogP contribution in [-0.2, 0) is 4.74 Å². The minimum Gasteiger partial charge on any atom is -0.372 e. The lowest BCUT2D eigenvalue weighted by molar-refractivity contribution is 0.108. The molecule has 1 unspecified atom stereocenters. The van der Waals surface area contributed by atoms with Gasteiger partial charge in [-0.05, 0) is 39.7 Å². The number of hydrogen-bond acceptors (Lipinski definition) is 4. The van der Waals surface area contributed by atoms with Gasteiger partial charge in [-0.1, -0.05) is 12.2 Å². The molecule has 2 rings (SSSR count). The summed E-state index contributed by atoms with van der Waals surface area (Å²) in [6, 6.07) is 1.95. The molecule has 0 radical (unpaired) electrons. The van der Waals surface area contributed by atoms with Crippen LogP contribution in [0.3, 0.4) is 0 Å². The second-order valence-corrected chi connectivity index (χ2v) is 5.10. The summed E-state index contributed by atoms with van der Waals surface area (Å²) in [5.41, 5.74) is 2.98. The van der Waals surface area contributed by atoms with Gasteiger partial charge in [0.2, 0.25) is 0 Å². The summed E-state index contributed by atoms with van der Waals surface area (Å²) in [7, 11) is 0. The van der Waals surface area contributed by atoms with Crippen LogP contribution in [0.1, 0.15) is 44.3 Å². The summed E-state index contributed by atoms with van der Waals surface area (Å²) in [6.07, 6.45) is 4.23. The first-order valence-electron chi connectivity index (χ1n) is 6.62. The molecule has 19 heavy (non-hydrogen) atoms. The number of anilines is 1. The van der Waals surface area contributed by atoms with Crippen LogP contribution in [0, 0.1) is 6.92 Å². The van der Waals surface area contributed by atoms with Crippen molar-refractivity contribution in [3.8, 4) is 0 Å². The number of aryl methyl sites for hydroxylation is 1. The molecule has 102 valence electrons. The number of nitrogens with zero attached hydrogens (tertiary/aromatic N) is 2. The third-order valence-electron chi connectivity index (χ3n) is 2.87. The molecule has 0 bridgehead atoms. The molecule has 1 atom stereocenters. The summed E-state index contributed by atoms with van der Waals surface area (Å²) < 4.78 is 5.67. The zero-order chi connectivity index (χ0) is 13.8. The van der Waals surface area contributed by atoms with Gasteiger partial charge >= 0.3 is 0 Å². The molecule has 1 fully saturated rings. The minimum absolute atomic E-state index is 0.110. The quantitative estimate of drug-likeness (QED) is 0.840. The van der Waals surface area contributed by atoms with Crippen LogP contribution in [0.2, 0.25) is 0 Å². The van der Waals surface area contributed by atoms with Crippen molar-refractivity contribution in [3.63, 3.8) is 0 Å². The fourth-order valence-corrected chi connectivity index (χ4v) is 2.18. The lowest BCUT2D eigenvalue weighted by Crippen LogP contribution is -2.06. The SMILES string of the molecule is C=C(C=C(C)C)Nc1cc(C2CCCO2)nc(C)n1. The minimum atomic E-state index is 0.110. The second kappa shape index (κ2) is 5.97. The topological polar surface area (TPSA) is 47.0 Å². The Kier molecular flexibility index (Phi) is 4.32. The largest absolute Gasteiger partial charge is 0.372 e. The summed E-state index contributed by atoms with van der Waals surface area (Å²) in [5.74, 6) is 1.53. The number of ether oxygens (including phenoxy) is 1. The highest BCUT2D eigenvalue weighted by atomic mass is 16.5. The van der Waals surface area contributed by atoms with Crippen LogP contribution >= 0.6 is 0 Å². The van der Waals surface area contributed by atoms with Crippen molar-refractivity contribution < 1.29 is 4.74 Å². The molecule has 1 aromatic heterocycles. The molecule has 4 heteroatoms. The van der Waals surface area contributed by atoms with Crippen LogP contribution in [0.4, 0.5) is 5.82 Å². The van der Waals surface area contributed by atoms with E-state index in [2.05, 4.69) is 21.9 Å². The third-order valence-corrected chi connectivity index (χ3v) is 2.87. The van der Waals surface area contributed by atoms with E-state index in [1.807, 2.05) is 32.9 Å². The lowest BCUT2D eigenvalue weighted by atomic mass is 10.1. The Morgan fingerprint density at radius 3 is 2.89 bits per heavy atom. The summed E-state index contributed by atoms with van der Waals surface area (Å²) in [4.78, 5) is 8.85. The monoisotopic (exact) mass is 259 g/mol. The molecule has 1 aliphatic heterocycles. The lowest BCUT2D eigenvalue weighted by Gasteiger charge is -2.12. The van der Waals surface area contributed by atoms with Gasteiger partial charge in [-0.2, -0.15) is 0 Å². The number of aromatic nitrogens is 2. The fourth-order valence-electron chi connectivity index (χ4n) is 2.18. The second-order valence-electron chi connectivity index (χ2n) is 5.10. The Morgan fingerprint density at radius 2 is 2.26 bits per heavy atom. The van der Waals surface area contributed by atoms with Gasteiger partial charge in [0.05, 0.1) is 11.8 Å². The van der Waals surface area contributed by atoms with Gasteiger partial charge in [0, 0.05) is 18.4 Å². The average molecular weight is 259 g/mol.